The van der Waals surface area contributed by atoms with E-state index in [9.17, 15) is 4.79 Å². The van der Waals surface area contributed by atoms with Crippen LogP contribution in [0.4, 0.5) is 0 Å². The maximum Gasteiger partial charge on any atom is 0.338 e. The predicted octanol–water partition coefficient (Wildman–Crippen LogP) is 4.45. The number of rotatable bonds is 2. The Morgan fingerprint density at radius 1 is 1.00 bits per heavy atom. The Kier molecular flexibility index (Phi) is 4.09. The molecule has 0 heterocycles. The quantitative estimate of drug-likeness (QED) is 0.744. The van der Waals surface area contributed by atoms with Crippen LogP contribution in [0.5, 0.6) is 0 Å². The third-order valence-corrected chi connectivity index (χ3v) is 5.25. The Hall–Kier alpha value is -1.31. The Morgan fingerprint density at radius 2 is 1.70 bits per heavy atom. The summed E-state index contributed by atoms with van der Waals surface area (Å²) in [4.78, 5) is 12.2. The molecule has 2 fully saturated rings. The summed E-state index contributed by atoms with van der Waals surface area (Å²) in [5.74, 6) is 2.02. The molecule has 0 aliphatic heterocycles. The highest BCUT2D eigenvalue weighted by atomic mass is 16.5. The molecule has 0 saturated heterocycles. The lowest BCUT2D eigenvalue weighted by Gasteiger charge is -2.44. The maximum absolute atomic E-state index is 12.2. The van der Waals surface area contributed by atoms with E-state index in [1.54, 1.807) is 0 Å². The van der Waals surface area contributed by atoms with E-state index in [0.29, 0.717) is 11.5 Å². The largest absolute Gasteiger partial charge is 0.458 e. The molecule has 0 bridgehead atoms. The highest BCUT2D eigenvalue weighted by molar-refractivity contribution is 5.89. The van der Waals surface area contributed by atoms with Crippen LogP contribution in [0, 0.1) is 17.8 Å². The zero-order chi connectivity index (χ0) is 13.9. The Bertz CT molecular complexity index is 454. The lowest BCUT2D eigenvalue weighted by atomic mass is 9.65. The van der Waals surface area contributed by atoms with E-state index >= 15 is 0 Å². The Balaban J connectivity index is 1.69. The lowest BCUT2D eigenvalue weighted by molar-refractivity contribution is -0.0371. The molecule has 0 spiro atoms. The van der Waals surface area contributed by atoms with Crippen LogP contribution in [0.1, 0.15) is 55.8 Å². The fourth-order valence-corrected chi connectivity index (χ4v) is 4.18. The molecule has 108 valence electrons. The van der Waals surface area contributed by atoms with Crippen molar-refractivity contribution in [2.75, 3.05) is 0 Å². The molecule has 1 aromatic carbocycles. The molecule has 1 aromatic rings. The third kappa shape index (κ3) is 2.74. The summed E-state index contributed by atoms with van der Waals surface area (Å²) in [6.07, 6.45) is 7.60. The van der Waals surface area contributed by atoms with Crippen molar-refractivity contribution in [3.63, 3.8) is 0 Å². The SMILES string of the molecule is CC1CCCC2C1CCC[C@@H]2OC(=O)c1ccccc1. The first kappa shape index (κ1) is 13.7. The lowest BCUT2D eigenvalue weighted by Crippen LogP contribution is -2.40. The molecule has 0 aromatic heterocycles. The molecule has 3 rings (SSSR count). The van der Waals surface area contributed by atoms with Gasteiger partial charge in [-0.15, -0.1) is 0 Å². The highest BCUT2D eigenvalue weighted by Gasteiger charge is 2.40. The van der Waals surface area contributed by atoms with Crippen LogP contribution >= 0.6 is 0 Å². The van der Waals surface area contributed by atoms with Crippen molar-refractivity contribution in [1.82, 2.24) is 0 Å². The number of benzene rings is 1. The van der Waals surface area contributed by atoms with E-state index < -0.39 is 0 Å². The average molecular weight is 272 g/mol. The molecule has 3 unspecified atom stereocenters. The second-order valence-electron chi connectivity index (χ2n) is 6.48. The van der Waals surface area contributed by atoms with Crippen molar-refractivity contribution in [2.45, 2.75) is 51.6 Å². The van der Waals surface area contributed by atoms with Crippen molar-refractivity contribution < 1.29 is 9.53 Å². The summed E-state index contributed by atoms with van der Waals surface area (Å²) in [6.45, 7) is 2.37. The van der Waals surface area contributed by atoms with E-state index in [2.05, 4.69) is 6.92 Å². The van der Waals surface area contributed by atoms with Gasteiger partial charge >= 0.3 is 5.97 Å². The first-order chi connectivity index (χ1) is 9.75. The zero-order valence-corrected chi connectivity index (χ0v) is 12.3. The Labute approximate surface area is 121 Å². The van der Waals surface area contributed by atoms with E-state index in [1.165, 1.54) is 32.1 Å². The Morgan fingerprint density at radius 3 is 2.50 bits per heavy atom. The summed E-state index contributed by atoms with van der Waals surface area (Å²) in [7, 11) is 0. The van der Waals surface area contributed by atoms with Gasteiger partial charge in [0, 0.05) is 0 Å². The van der Waals surface area contributed by atoms with Gasteiger partial charge in [-0.05, 0) is 55.6 Å². The van der Waals surface area contributed by atoms with Gasteiger partial charge in [0.2, 0.25) is 0 Å². The van der Waals surface area contributed by atoms with Crippen molar-refractivity contribution in [3.05, 3.63) is 35.9 Å². The van der Waals surface area contributed by atoms with Gasteiger partial charge in [0.15, 0.2) is 0 Å². The molecule has 4 atom stereocenters. The fraction of sp³-hybridized carbons (Fsp3) is 0.611. The number of carbonyl (C=O) groups excluding carboxylic acids is 1. The van der Waals surface area contributed by atoms with Crippen LogP contribution in [0.15, 0.2) is 30.3 Å². The smallest absolute Gasteiger partial charge is 0.338 e. The van der Waals surface area contributed by atoms with Crippen molar-refractivity contribution >= 4 is 5.97 Å². The van der Waals surface area contributed by atoms with Crippen LogP contribution in [-0.2, 0) is 4.74 Å². The number of hydrogen-bond donors (Lipinski definition) is 0. The summed E-state index contributed by atoms with van der Waals surface area (Å²) in [5, 5.41) is 0. The number of carbonyl (C=O) groups is 1. The normalized spacial score (nSPS) is 33.2. The van der Waals surface area contributed by atoms with Crippen molar-refractivity contribution in [1.29, 1.82) is 0 Å². The van der Waals surface area contributed by atoms with Gasteiger partial charge in [0.25, 0.3) is 0 Å². The summed E-state index contributed by atoms with van der Waals surface area (Å²) >= 11 is 0. The second kappa shape index (κ2) is 5.99. The molecule has 0 radical (unpaired) electrons. The van der Waals surface area contributed by atoms with Gasteiger partial charge in [-0.25, -0.2) is 4.79 Å². The average Bonchev–Trinajstić information content (AvgIpc) is 2.49. The maximum atomic E-state index is 12.2. The topological polar surface area (TPSA) is 26.3 Å². The number of hydrogen-bond acceptors (Lipinski definition) is 2. The number of esters is 1. The van der Waals surface area contributed by atoms with Gasteiger partial charge in [0.05, 0.1) is 5.56 Å². The predicted molar refractivity (Wildman–Crippen MR) is 79.5 cm³/mol. The number of ether oxygens (including phenoxy) is 1. The van der Waals surface area contributed by atoms with Crippen molar-refractivity contribution in [3.8, 4) is 0 Å². The molecule has 2 aliphatic carbocycles. The molecular weight excluding hydrogens is 248 g/mol. The second-order valence-corrected chi connectivity index (χ2v) is 6.48. The van der Waals surface area contributed by atoms with Gasteiger partial charge in [0.1, 0.15) is 6.10 Å². The van der Waals surface area contributed by atoms with Crippen LogP contribution in [-0.4, -0.2) is 12.1 Å². The fourth-order valence-electron chi connectivity index (χ4n) is 4.18. The van der Waals surface area contributed by atoms with Crippen LogP contribution in [0.2, 0.25) is 0 Å². The molecule has 0 N–H and O–H groups in total. The van der Waals surface area contributed by atoms with Gasteiger partial charge < -0.3 is 4.74 Å². The molecular formula is C18H24O2. The molecule has 2 saturated carbocycles. The minimum Gasteiger partial charge on any atom is -0.458 e. The minimum atomic E-state index is -0.144. The monoisotopic (exact) mass is 272 g/mol. The number of fused-ring (bicyclic) bond motifs is 1. The molecule has 20 heavy (non-hydrogen) atoms. The van der Waals surface area contributed by atoms with Gasteiger partial charge in [-0.2, -0.15) is 0 Å². The first-order valence-corrected chi connectivity index (χ1v) is 8.01. The zero-order valence-electron chi connectivity index (χ0n) is 12.3. The standard InChI is InChI=1S/C18H24O2/c1-13-7-5-11-16-15(13)10-6-12-17(16)20-18(19)14-8-3-2-4-9-14/h2-4,8-9,13,15-17H,5-7,10-12H2,1H3/t13?,15?,16?,17-/m0/s1. The van der Waals surface area contributed by atoms with E-state index in [1.807, 2.05) is 30.3 Å². The minimum absolute atomic E-state index is 0.143. The van der Waals surface area contributed by atoms with Crippen molar-refractivity contribution in [2.24, 2.45) is 17.8 Å². The summed E-state index contributed by atoms with van der Waals surface area (Å²) in [6, 6.07) is 9.39. The highest BCUT2D eigenvalue weighted by Crippen LogP contribution is 2.44. The van der Waals surface area contributed by atoms with Gasteiger partial charge in [-0.1, -0.05) is 38.0 Å². The van der Waals surface area contributed by atoms with Gasteiger partial charge in [-0.3, -0.25) is 0 Å². The van der Waals surface area contributed by atoms with Crippen LogP contribution in [0.25, 0.3) is 0 Å². The van der Waals surface area contributed by atoms with E-state index in [4.69, 9.17) is 4.74 Å². The van der Waals surface area contributed by atoms with Crippen LogP contribution < -0.4 is 0 Å². The summed E-state index contributed by atoms with van der Waals surface area (Å²) < 4.78 is 5.86. The van der Waals surface area contributed by atoms with E-state index in [-0.39, 0.29) is 12.1 Å². The summed E-state index contributed by atoms with van der Waals surface area (Å²) in [5.41, 5.74) is 0.679. The molecule has 2 aliphatic rings. The third-order valence-electron chi connectivity index (χ3n) is 5.25. The molecule has 2 nitrogen and oxygen atoms in total. The molecule has 0 amide bonds. The van der Waals surface area contributed by atoms with Crippen LogP contribution in [0.3, 0.4) is 0 Å². The molecule has 2 heteroatoms. The first-order valence-electron chi connectivity index (χ1n) is 8.01. The van der Waals surface area contributed by atoms with E-state index in [0.717, 1.165) is 18.3 Å².